The van der Waals surface area contributed by atoms with Crippen LogP contribution in [0.25, 0.3) is 0 Å². The van der Waals surface area contributed by atoms with Crippen molar-refractivity contribution in [3.8, 4) is 11.5 Å². The third kappa shape index (κ3) is 4.59. The molecule has 1 saturated heterocycles. The summed E-state index contributed by atoms with van der Waals surface area (Å²) in [5.41, 5.74) is -0.950. The van der Waals surface area contributed by atoms with Crippen LogP contribution in [-0.4, -0.2) is 50.5 Å². The molecule has 1 aliphatic rings. The van der Waals surface area contributed by atoms with Gasteiger partial charge in [-0.2, -0.15) is 0 Å². The number of rotatable bonds is 7. The van der Waals surface area contributed by atoms with E-state index in [0.717, 1.165) is 0 Å². The zero-order chi connectivity index (χ0) is 16.7. The molecule has 0 aromatic heterocycles. The Bertz CT molecular complexity index is 536. The summed E-state index contributed by atoms with van der Waals surface area (Å²) in [7, 11) is 1.57. The van der Waals surface area contributed by atoms with E-state index < -0.39 is 11.4 Å². The van der Waals surface area contributed by atoms with Crippen molar-refractivity contribution in [3.63, 3.8) is 0 Å². The van der Waals surface area contributed by atoms with Crippen LogP contribution in [0.1, 0.15) is 12.8 Å². The zero-order valence-electron chi connectivity index (χ0n) is 13.0. The molecule has 0 aliphatic carbocycles. The third-order valence-corrected chi connectivity index (χ3v) is 3.96. The molecule has 1 heterocycles. The number of hydrogen-bond donors (Lipinski definition) is 2. The maximum absolute atomic E-state index is 11.9. The van der Waals surface area contributed by atoms with Gasteiger partial charge in [0.2, 0.25) is 0 Å². The lowest BCUT2D eigenvalue weighted by atomic mass is 9.80. The molecule has 0 bridgehead atoms. The van der Waals surface area contributed by atoms with Gasteiger partial charge in [-0.25, -0.2) is 0 Å². The predicted molar refractivity (Wildman–Crippen MR) is 81.6 cm³/mol. The maximum atomic E-state index is 11.9. The molecule has 1 aromatic rings. The Balaban J connectivity index is 1.80. The smallest absolute Gasteiger partial charge is 0.311 e. The van der Waals surface area contributed by atoms with Crippen molar-refractivity contribution in [3.05, 3.63) is 24.3 Å². The number of methoxy groups -OCH3 is 1. The Labute approximate surface area is 134 Å². The van der Waals surface area contributed by atoms with Crippen molar-refractivity contribution in [1.29, 1.82) is 0 Å². The molecule has 0 unspecified atom stereocenters. The van der Waals surface area contributed by atoms with Crippen LogP contribution in [0.4, 0.5) is 0 Å². The molecule has 23 heavy (non-hydrogen) atoms. The van der Waals surface area contributed by atoms with Gasteiger partial charge in [0, 0.05) is 19.8 Å². The number of hydrogen-bond acceptors (Lipinski definition) is 5. The first kappa shape index (κ1) is 17.1. The van der Waals surface area contributed by atoms with E-state index in [1.54, 1.807) is 31.4 Å². The Morgan fingerprint density at radius 1 is 1.22 bits per heavy atom. The van der Waals surface area contributed by atoms with Gasteiger partial charge in [-0.3, -0.25) is 9.59 Å². The minimum atomic E-state index is -0.950. The van der Waals surface area contributed by atoms with Crippen LogP contribution in [0.15, 0.2) is 24.3 Å². The van der Waals surface area contributed by atoms with E-state index in [1.807, 2.05) is 0 Å². The summed E-state index contributed by atoms with van der Waals surface area (Å²) in [6, 6.07) is 6.86. The Hall–Kier alpha value is -2.28. The molecule has 0 radical (unpaired) electrons. The van der Waals surface area contributed by atoms with Gasteiger partial charge >= 0.3 is 5.97 Å². The number of benzene rings is 1. The Kier molecular flexibility index (Phi) is 5.81. The molecule has 7 heteroatoms. The minimum absolute atomic E-state index is 0.0799. The third-order valence-electron chi connectivity index (χ3n) is 3.96. The fourth-order valence-corrected chi connectivity index (χ4v) is 2.37. The predicted octanol–water partition coefficient (Wildman–Crippen LogP) is 1.07. The second-order valence-corrected chi connectivity index (χ2v) is 5.44. The monoisotopic (exact) mass is 323 g/mol. The number of nitrogens with one attached hydrogen (secondary N) is 1. The number of carboxylic acid groups (broad SMARTS) is 1. The van der Waals surface area contributed by atoms with Crippen molar-refractivity contribution in [2.24, 2.45) is 5.41 Å². The van der Waals surface area contributed by atoms with Gasteiger partial charge in [0.25, 0.3) is 5.91 Å². The standard InChI is InChI=1S/C16H21NO6/c1-21-12-2-4-13(5-3-12)23-10-14(18)17-11-16(15(19)20)6-8-22-9-7-16/h2-5H,6-11H2,1H3,(H,17,18)(H,19,20). The lowest BCUT2D eigenvalue weighted by molar-refractivity contribution is -0.154. The molecular weight excluding hydrogens is 302 g/mol. The largest absolute Gasteiger partial charge is 0.497 e. The van der Waals surface area contributed by atoms with Crippen LogP contribution in [0, 0.1) is 5.41 Å². The number of carboxylic acids is 1. The molecule has 1 aromatic carbocycles. The van der Waals surface area contributed by atoms with E-state index in [1.165, 1.54) is 0 Å². The van der Waals surface area contributed by atoms with Gasteiger partial charge < -0.3 is 24.6 Å². The number of ether oxygens (including phenoxy) is 3. The quantitative estimate of drug-likeness (QED) is 0.779. The average molecular weight is 323 g/mol. The van der Waals surface area contributed by atoms with E-state index in [0.29, 0.717) is 37.6 Å². The molecule has 126 valence electrons. The number of carbonyl (C=O) groups excluding carboxylic acids is 1. The van der Waals surface area contributed by atoms with Gasteiger partial charge in [-0.05, 0) is 37.1 Å². The molecule has 2 rings (SSSR count). The fraction of sp³-hybridized carbons (Fsp3) is 0.500. The SMILES string of the molecule is COc1ccc(OCC(=O)NCC2(C(=O)O)CCOCC2)cc1. The molecule has 2 N–H and O–H groups in total. The van der Waals surface area contributed by atoms with E-state index in [4.69, 9.17) is 14.2 Å². The summed E-state index contributed by atoms with van der Waals surface area (Å²) in [5, 5.41) is 12.1. The summed E-state index contributed by atoms with van der Waals surface area (Å²) in [4.78, 5) is 23.3. The maximum Gasteiger partial charge on any atom is 0.311 e. The number of amides is 1. The van der Waals surface area contributed by atoms with Crippen LogP contribution in [0.3, 0.4) is 0 Å². The Morgan fingerprint density at radius 2 is 1.83 bits per heavy atom. The van der Waals surface area contributed by atoms with E-state index in [-0.39, 0.29) is 19.1 Å². The highest BCUT2D eigenvalue weighted by molar-refractivity contribution is 5.80. The number of carbonyl (C=O) groups is 2. The second-order valence-electron chi connectivity index (χ2n) is 5.44. The van der Waals surface area contributed by atoms with Crippen LogP contribution < -0.4 is 14.8 Å². The first-order chi connectivity index (χ1) is 11.1. The summed E-state index contributed by atoms with van der Waals surface area (Å²) in [5.74, 6) is -0.0187. The van der Waals surface area contributed by atoms with Crippen LogP contribution in [0.2, 0.25) is 0 Å². The van der Waals surface area contributed by atoms with Crippen molar-refractivity contribution in [2.75, 3.05) is 33.5 Å². The van der Waals surface area contributed by atoms with Crippen LogP contribution in [-0.2, 0) is 14.3 Å². The minimum Gasteiger partial charge on any atom is -0.497 e. The second kappa shape index (κ2) is 7.82. The Morgan fingerprint density at radius 3 is 2.39 bits per heavy atom. The van der Waals surface area contributed by atoms with Gasteiger partial charge in [0.1, 0.15) is 11.5 Å². The van der Waals surface area contributed by atoms with Crippen molar-refractivity contribution >= 4 is 11.9 Å². The van der Waals surface area contributed by atoms with Gasteiger partial charge in [-0.15, -0.1) is 0 Å². The summed E-state index contributed by atoms with van der Waals surface area (Å²) < 4.78 is 15.6. The normalized spacial score (nSPS) is 16.4. The molecule has 7 nitrogen and oxygen atoms in total. The lowest BCUT2D eigenvalue weighted by Crippen LogP contribution is -2.47. The van der Waals surface area contributed by atoms with Gasteiger partial charge in [0.05, 0.1) is 12.5 Å². The summed E-state index contributed by atoms with van der Waals surface area (Å²) >= 11 is 0. The molecule has 0 saturated carbocycles. The van der Waals surface area contributed by atoms with Crippen LogP contribution in [0.5, 0.6) is 11.5 Å². The topological polar surface area (TPSA) is 94.1 Å². The highest BCUT2D eigenvalue weighted by atomic mass is 16.5. The lowest BCUT2D eigenvalue weighted by Gasteiger charge is -2.33. The first-order valence-corrected chi connectivity index (χ1v) is 7.40. The molecule has 1 amide bonds. The van der Waals surface area contributed by atoms with Gasteiger partial charge in [0.15, 0.2) is 6.61 Å². The van der Waals surface area contributed by atoms with Gasteiger partial charge in [-0.1, -0.05) is 0 Å². The van der Waals surface area contributed by atoms with Crippen molar-refractivity contribution < 1.29 is 28.9 Å². The van der Waals surface area contributed by atoms with E-state index in [9.17, 15) is 14.7 Å². The number of aliphatic carboxylic acids is 1. The summed E-state index contributed by atoms with van der Waals surface area (Å²) in [6.45, 7) is 0.698. The van der Waals surface area contributed by atoms with Crippen molar-refractivity contribution in [1.82, 2.24) is 5.32 Å². The first-order valence-electron chi connectivity index (χ1n) is 7.40. The zero-order valence-corrected chi connectivity index (χ0v) is 13.0. The molecule has 0 spiro atoms. The summed E-state index contributed by atoms with van der Waals surface area (Å²) in [6.07, 6.45) is 0.782. The van der Waals surface area contributed by atoms with E-state index in [2.05, 4.69) is 5.32 Å². The molecule has 0 atom stereocenters. The van der Waals surface area contributed by atoms with Crippen molar-refractivity contribution in [2.45, 2.75) is 12.8 Å². The molecule has 1 fully saturated rings. The fourth-order valence-electron chi connectivity index (χ4n) is 2.37. The molecule has 1 aliphatic heterocycles. The molecular formula is C16H21NO6. The highest BCUT2D eigenvalue weighted by Gasteiger charge is 2.40. The average Bonchev–Trinajstić information content (AvgIpc) is 2.59. The highest BCUT2D eigenvalue weighted by Crippen LogP contribution is 2.30. The van der Waals surface area contributed by atoms with E-state index >= 15 is 0 Å². The van der Waals surface area contributed by atoms with Crippen LogP contribution >= 0.6 is 0 Å².